The standard InChI is InChI=1S/C13H20BN/c1-5-12(8-11(4)9-14)6-7-13(15)10(2)3/h5-7,11,15H,2,8-9H2,1,3-4H3/b7-6-,12-5+,15-13?. The molecule has 2 radical (unpaired) electrons. The maximum absolute atomic E-state index is 7.60. The molecule has 1 atom stereocenters. The molecule has 0 aromatic rings. The Morgan fingerprint density at radius 1 is 1.47 bits per heavy atom. The summed E-state index contributed by atoms with van der Waals surface area (Å²) in [6, 6.07) is 0. The zero-order chi connectivity index (χ0) is 11.8. The molecule has 1 nitrogen and oxygen atoms in total. The molecule has 1 unspecified atom stereocenters. The molecule has 0 rings (SSSR count). The third-order valence-electron chi connectivity index (χ3n) is 2.28. The first-order chi connectivity index (χ1) is 7.01. The van der Waals surface area contributed by atoms with Crippen molar-refractivity contribution < 1.29 is 0 Å². The lowest BCUT2D eigenvalue weighted by Crippen LogP contribution is -1.96. The zero-order valence-electron chi connectivity index (χ0n) is 10.0. The molecular formula is C13H20BN. The molecule has 2 heteroatoms. The topological polar surface area (TPSA) is 23.9 Å². The number of nitrogens with one attached hydrogen (secondary N) is 1. The number of allylic oxidation sites excluding steroid dienone is 5. The van der Waals surface area contributed by atoms with Crippen molar-refractivity contribution in [3.63, 3.8) is 0 Å². The van der Waals surface area contributed by atoms with Crippen LogP contribution in [0.15, 0.2) is 36.0 Å². The quantitative estimate of drug-likeness (QED) is 0.385. The maximum atomic E-state index is 7.60. The predicted molar refractivity (Wildman–Crippen MR) is 69.8 cm³/mol. The molecule has 80 valence electrons. The third-order valence-corrected chi connectivity index (χ3v) is 2.28. The van der Waals surface area contributed by atoms with Crippen molar-refractivity contribution in [2.45, 2.75) is 33.5 Å². The van der Waals surface area contributed by atoms with Gasteiger partial charge >= 0.3 is 0 Å². The van der Waals surface area contributed by atoms with Crippen molar-refractivity contribution in [2.75, 3.05) is 0 Å². The van der Waals surface area contributed by atoms with Crippen molar-refractivity contribution in [3.05, 3.63) is 36.0 Å². The van der Waals surface area contributed by atoms with Gasteiger partial charge in [-0.2, -0.15) is 0 Å². The maximum Gasteiger partial charge on any atom is 0.0656 e. The summed E-state index contributed by atoms with van der Waals surface area (Å²) >= 11 is 0. The van der Waals surface area contributed by atoms with Gasteiger partial charge in [0.1, 0.15) is 0 Å². The molecular weight excluding hydrogens is 181 g/mol. The smallest absolute Gasteiger partial charge is 0.0656 e. The van der Waals surface area contributed by atoms with Gasteiger partial charge < -0.3 is 5.41 Å². The fraction of sp³-hybridized carbons (Fsp3) is 0.462. The predicted octanol–water partition coefficient (Wildman–Crippen LogP) is 3.70. The van der Waals surface area contributed by atoms with Crippen molar-refractivity contribution in [1.29, 1.82) is 5.41 Å². The van der Waals surface area contributed by atoms with Gasteiger partial charge in [0, 0.05) is 0 Å². The van der Waals surface area contributed by atoms with Crippen LogP contribution in [0.1, 0.15) is 27.2 Å². The zero-order valence-corrected chi connectivity index (χ0v) is 10.0. The first-order valence-electron chi connectivity index (χ1n) is 5.29. The Balaban J connectivity index is 4.35. The number of hydrogen-bond donors (Lipinski definition) is 1. The van der Waals surface area contributed by atoms with Crippen LogP contribution in [0.4, 0.5) is 0 Å². The summed E-state index contributed by atoms with van der Waals surface area (Å²) in [4.78, 5) is 0. The van der Waals surface area contributed by atoms with Crippen LogP contribution in [0.5, 0.6) is 0 Å². The lowest BCUT2D eigenvalue weighted by molar-refractivity contribution is 0.648. The molecule has 1 N–H and O–H groups in total. The molecule has 0 fully saturated rings. The normalized spacial score (nSPS) is 14.2. The summed E-state index contributed by atoms with van der Waals surface area (Å²) in [5.74, 6) is 0.486. The molecule has 0 aliphatic heterocycles. The second kappa shape index (κ2) is 7.27. The molecule has 0 aliphatic rings. The van der Waals surface area contributed by atoms with E-state index in [-0.39, 0.29) is 0 Å². The first kappa shape index (κ1) is 14.0. The van der Waals surface area contributed by atoms with Gasteiger partial charge in [0.25, 0.3) is 0 Å². The molecule has 0 bridgehead atoms. The molecule has 0 aromatic heterocycles. The summed E-state index contributed by atoms with van der Waals surface area (Å²) in [5, 5.41) is 7.60. The SMILES string of the molecule is [B]CC(C)CC(/C=C\C(=N)C(=C)C)=C/C. The lowest BCUT2D eigenvalue weighted by atomic mass is 9.87. The highest BCUT2D eigenvalue weighted by Gasteiger charge is 2.00. The minimum atomic E-state index is 0.481. The molecule has 0 amide bonds. The van der Waals surface area contributed by atoms with E-state index in [0.717, 1.165) is 12.0 Å². The highest BCUT2D eigenvalue weighted by molar-refractivity contribution is 6.08. The Labute approximate surface area is 94.9 Å². The van der Waals surface area contributed by atoms with Crippen LogP contribution in [-0.2, 0) is 0 Å². The van der Waals surface area contributed by atoms with Gasteiger partial charge in [-0.1, -0.05) is 37.5 Å². The van der Waals surface area contributed by atoms with Gasteiger partial charge in [-0.05, 0) is 37.8 Å². The highest BCUT2D eigenvalue weighted by atomic mass is 14.4. The summed E-state index contributed by atoms with van der Waals surface area (Å²) in [7, 11) is 5.57. The first-order valence-corrected chi connectivity index (χ1v) is 5.29. The number of hydrogen-bond acceptors (Lipinski definition) is 1. The Hall–Kier alpha value is -1.05. The highest BCUT2D eigenvalue weighted by Crippen LogP contribution is 2.15. The van der Waals surface area contributed by atoms with E-state index in [0.29, 0.717) is 17.9 Å². The van der Waals surface area contributed by atoms with E-state index in [2.05, 4.69) is 19.6 Å². The van der Waals surface area contributed by atoms with Crippen LogP contribution in [0.3, 0.4) is 0 Å². The van der Waals surface area contributed by atoms with E-state index in [9.17, 15) is 0 Å². The van der Waals surface area contributed by atoms with Crippen LogP contribution in [-0.4, -0.2) is 13.6 Å². The van der Waals surface area contributed by atoms with Crippen molar-refractivity contribution in [1.82, 2.24) is 0 Å². The summed E-state index contributed by atoms with van der Waals surface area (Å²) < 4.78 is 0. The molecule has 0 saturated heterocycles. The summed E-state index contributed by atoms with van der Waals surface area (Å²) in [6.45, 7) is 9.69. The molecule has 0 saturated carbocycles. The molecule has 0 heterocycles. The van der Waals surface area contributed by atoms with Gasteiger partial charge in [-0.15, -0.1) is 0 Å². The second-order valence-corrected chi connectivity index (χ2v) is 3.94. The van der Waals surface area contributed by atoms with Crippen molar-refractivity contribution >= 4 is 13.6 Å². The van der Waals surface area contributed by atoms with E-state index in [1.807, 2.05) is 19.9 Å². The van der Waals surface area contributed by atoms with E-state index in [4.69, 9.17) is 13.3 Å². The third kappa shape index (κ3) is 6.11. The van der Waals surface area contributed by atoms with Gasteiger partial charge in [-0.3, -0.25) is 0 Å². The van der Waals surface area contributed by atoms with E-state index < -0.39 is 0 Å². The lowest BCUT2D eigenvalue weighted by Gasteiger charge is -2.08. The average molecular weight is 201 g/mol. The van der Waals surface area contributed by atoms with Gasteiger partial charge in [-0.25, -0.2) is 0 Å². The molecule has 0 spiro atoms. The Kier molecular flexibility index (Phi) is 6.77. The van der Waals surface area contributed by atoms with Crippen molar-refractivity contribution in [3.8, 4) is 0 Å². The number of rotatable bonds is 6. The van der Waals surface area contributed by atoms with E-state index >= 15 is 0 Å². The fourth-order valence-corrected chi connectivity index (χ4v) is 1.10. The molecule has 0 aliphatic carbocycles. The Bertz CT molecular complexity index is 287. The monoisotopic (exact) mass is 201 g/mol. The summed E-state index contributed by atoms with van der Waals surface area (Å²) in [6.07, 6.45) is 7.49. The van der Waals surface area contributed by atoms with Gasteiger partial charge in [0.2, 0.25) is 0 Å². The Morgan fingerprint density at radius 2 is 2.07 bits per heavy atom. The van der Waals surface area contributed by atoms with Crippen LogP contribution in [0, 0.1) is 11.3 Å². The van der Waals surface area contributed by atoms with Crippen LogP contribution in [0.25, 0.3) is 0 Å². The average Bonchev–Trinajstić information content (AvgIpc) is 2.22. The van der Waals surface area contributed by atoms with Crippen LogP contribution >= 0.6 is 0 Å². The minimum Gasteiger partial charge on any atom is -0.301 e. The van der Waals surface area contributed by atoms with Gasteiger partial charge in [0.05, 0.1) is 13.6 Å². The van der Waals surface area contributed by atoms with E-state index in [1.54, 1.807) is 6.08 Å². The fourth-order valence-electron chi connectivity index (χ4n) is 1.10. The molecule has 0 aromatic carbocycles. The molecule has 15 heavy (non-hydrogen) atoms. The Morgan fingerprint density at radius 3 is 2.47 bits per heavy atom. The second-order valence-electron chi connectivity index (χ2n) is 3.94. The van der Waals surface area contributed by atoms with Crippen LogP contribution in [0.2, 0.25) is 6.32 Å². The van der Waals surface area contributed by atoms with Gasteiger partial charge in [0.15, 0.2) is 0 Å². The minimum absolute atomic E-state index is 0.481. The summed E-state index contributed by atoms with van der Waals surface area (Å²) in [5.41, 5.74) is 2.49. The van der Waals surface area contributed by atoms with Crippen molar-refractivity contribution in [2.24, 2.45) is 5.92 Å². The van der Waals surface area contributed by atoms with E-state index in [1.165, 1.54) is 5.57 Å². The largest absolute Gasteiger partial charge is 0.301 e. The van der Waals surface area contributed by atoms with Crippen LogP contribution < -0.4 is 0 Å².